The van der Waals surface area contributed by atoms with Crippen LogP contribution >= 0.6 is 0 Å². The van der Waals surface area contributed by atoms with E-state index in [4.69, 9.17) is 61.9 Å². The molecule has 0 aromatic carbocycles. The Morgan fingerprint density at radius 1 is 0.314 bits per heavy atom. The van der Waals surface area contributed by atoms with Crippen molar-refractivity contribution in [3.8, 4) is 0 Å². The Morgan fingerprint density at radius 2 is 0.643 bits per heavy atom. The van der Waals surface area contributed by atoms with Crippen LogP contribution in [0.3, 0.4) is 0 Å². The predicted molar refractivity (Wildman–Crippen MR) is 210 cm³/mol. The Kier molecular flexibility index (Phi) is 21.1. The van der Waals surface area contributed by atoms with Crippen molar-refractivity contribution < 1.29 is 159 Å². The van der Waals surface area contributed by atoms with Crippen molar-refractivity contribution in [2.24, 2.45) is 0 Å². The fourth-order valence-corrected chi connectivity index (χ4v) is 8.41. The fourth-order valence-electron chi connectivity index (χ4n) is 8.41. The molecular formula is C38H66O32. The molecule has 0 aromatic heterocycles. The van der Waals surface area contributed by atoms with E-state index in [9.17, 15) is 97.0 Å². The third kappa shape index (κ3) is 12.5. The molecule has 0 saturated carbocycles. The number of rotatable bonds is 22. The molecule has 32 heteroatoms. The molecule has 0 aliphatic carbocycles. The largest absolute Gasteiger partial charge is 0.394 e. The van der Waals surface area contributed by atoms with Gasteiger partial charge in [0.2, 0.25) is 0 Å². The van der Waals surface area contributed by atoms with Gasteiger partial charge in [-0.3, -0.25) is 0 Å². The normalized spacial score (nSPS) is 49.3. The van der Waals surface area contributed by atoms with E-state index in [0.717, 1.165) is 0 Å². The van der Waals surface area contributed by atoms with E-state index in [0.29, 0.717) is 0 Å². The van der Waals surface area contributed by atoms with E-state index < -0.39 is 237 Å². The number of hydrogen-bond donors (Lipinski definition) is 20. The second-order valence-corrected chi connectivity index (χ2v) is 17.5. The van der Waals surface area contributed by atoms with E-state index >= 15 is 0 Å². The molecule has 0 bridgehead atoms. The van der Waals surface area contributed by atoms with Crippen molar-refractivity contribution in [2.45, 2.75) is 184 Å². The van der Waals surface area contributed by atoms with Gasteiger partial charge in [-0.25, -0.2) is 0 Å². The minimum absolute atomic E-state index is 0.623. The summed E-state index contributed by atoms with van der Waals surface area (Å²) in [4.78, 5) is 0. The van der Waals surface area contributed by atoms with Crippen molar-refractivity contribution in [3.05, 3.63) is 0 Å². The van der Waals surface area contributed by atoms with Gasteiger partial charge in [-0.15, -0.1) is 0 Å². The third-order valence-electron chi connectivity index (χ3n) is 12.7. The molecule has 410 valence electrons. The Hall–Kier alpha value is -1.28. The van der Waals surface area contributed by atoms with Crippen LogP contribution in [0.5, 0.6) is 0 Å². The first kappa shape index (κ1) is 58.0. The quantitative estimate of drug-likeness (QED) is 0.0479. The summed E-state index contributed by atoms with van der Waals surface area (Å²) in [6.07, 6.45) is -53.5. The minimum atomic E-state index is -2.06. The predicted octanol–water partition coefficient (Wildman–Crippen LogP) is -14.1. The highest BCUT2D eigenvalue weighted by Gasteiger charge is 2.56. The van der Waals surface area contributed by atoms with Gasteiger partial charge < -0.3 is 159 Å². The van der Waals surface area contributed by atoms with Gasteiger partial charge in [0.15, 0.2) is 37.7 Å². The van der Waals surface area contributed by atoms with Crippen LogP contribution in [0.25, 0.3) is 0 Å². The van der Waals surface area contributed by atoms with Gasteiger partial charge in [-0.1, -0.05) is 0 Å². The molecule has 20 N–H and O–H groups in total. The van der Waals surface area contributed by atoms with Gasteiger partial charge in [0, 0.05) is 0 Å². The number of aliphatic hydroxyl groups excluding tert-OH is 20. The average molecular weight is 1030 g/mol. The van der Waals surface area contributed by atoms with E-state index in [1.54, 1.807) is 0 Å². The summed E-state index contributed by atoms with van der Waals surface area (Å²) in [6.45, 7) is -6.55. The molecule has 0 spiro atoms. The Labute approximate surface area is 395 Å². The van der Waals surface area contributed by atoms with E-state index in [2.05, 4.69) is 0 Å². The van der Waals surface area contributed by atoms with Crippen molar-refractivity contribution >= 4 is 0 Å². The molecule has 0 radical (unpaired) electrons. The van der Waals surface area contributed by atoms with Gasteiger partial charge in [0.1, 0.15) is 146 Å². The molecular weight excluding hydrogens is 968 g/mol. The molecule has 6 heterocycles. The Balaban J connectivity index is 1.10. The van der Waals surface area contributed by atoms with E-state index in [-0.39, 0.29) is 0 Å². The van der Waals surface area contributed by atoms with Crippen LogP contribution in [-0.2, 0) is 56.8 Å². The zero-order chi connectivity index (χ0) is 51.5. The lowest BCUT2D eigenvalue weighted by molar-refractivity contribution is -0.394. The molecule has 6 aliphatic rings. The molecule has 6 rings (SSSR count). The van der Waals surface area contributed by atoms with Gasteiger partial charge in [0.05, 0.1) is 52.9 Å². The first-order chi connectivity index (χ1) is 33.2. The summed E-state index contributed by atoms with van der Waals surface area (Å²) in [5.74, 6) is 0. The van der Waals surface area contributed by atoms with Gasteiger partial charge in [0.25, 0.3) is 0 Å². The number of aliphatic hydroxyl groups is 20. The van der Waals surface area contributed by atoms with Crippen LogP contribution < -0.4 is 0 Å². The molecule has 6 saturated heterocycles. The summed E-state index contributed by atoms with van der Waals surface area (Å²) in [7, 11) is 0. The maximum atomic E-state index is 11.2. The maximum Gasteiger partial charge on any atom is 0.187 e. The van der Waals surface area contributed by atoms with Crippen molar-refractivity contribution in [1.82, 2.24) is 0 Å². The molecule has 0 unspecified atom stereocenters. The van der Waals surface area contributed by atoms with Crippen LogP contribution in [0.4, 0.5) is 0 Å². The lowest BCUT2D eigenvalue weighted by atomic mass is 9.96. The van der Waals surface area contributed by atoms with Crippen LogP contribution in [-0.4, -0.2) is 339 Å². The Morgan fingerprint density at radius 3 is 1.11 bits per heavy atom. The lowest BCUT2D eigenvalue weighted by Gasteiger charge is -2.48. The molecule has 6 aliphatic heterocycles. The summed E-state index contributed by atoms with van der Waals surface area (Å²) < 4.78 is 67.3. The fraction of sp³-hybridized carbons (Fsp3) is 1.00. The summed E-state index contributed by atoms with van der Waals surface area (Å²) in [5, 5.41) is 207. The van der Waals surface area contributed by atoms with Crippen molar-refractivity contribution in [1.29, 1.82) is 0 Å². The molecule has 0 aromatic rings. The van der Waals surface area contributed by atoms with Gasteiger partial charge >= 0.3 is 0 Å². The first-order valence-electron chi connectivity index (χ1n) is 22.2. The number of hydrogen-bond acceptors (Lipinski definition) is 32. The highest BCUT2D eigenvalue weighted by molar-refractivity contribution is 4.98. The van der Waals surface area contributed by atoms with Crippen LogP contribution in [0.2, 0.25) is 0 Å². The zero-order valence-electron chi connectivity index (χ0n) is 36.8. The highest BCUT2D eigenvalue weighted by Crippen LogP contribution is 2.36. The zero-order valence-corrected chi connectivity index (χ0v) is 36.8. The standard InChI is InChI=1S/C38H66O32/c39-1-9(44)17(46)10(45)6-59-33-27(56)21(50)15(66-33)7-60-36-30(23(52)14(5-43)64-36)68-34-28(57)22(51)16(67-34)8-61-37-31(25(54)19(48)12(3-41)63-37)70-38-32(26(55)20(49)13(4-42)65-38)69-35-29(58)24(53)18(47)11(2-40)62-35/h9-58H,1-8H2/t9-,10-,11-,12-,13-,14-,15-,16-,17+,18-,19-,20-,21-,22-,23-,24+,25+,26+,27+,28+,29+,30+,31+,32+,33+,34+,35-,36+,37+,38-/m1/s1. The number of ether oxygens (including phenoxy) is 12. The van der Waals surface area contributed by atoms with Crippen molar-refractivity contribution in [2.75, 3.05) is 52.9 Å². The lowest BCUT2D eigenvalue weighted by Crippen LogP contribution is -2.67. The Bertz CT molecular complexity index is 1560. The SMILES string of the molecule is OC[C@@H](O)[C@H](O)[C@H](O)CO[C@H]1O[C@H](CO[C@H]2O[C@H](CO)[C@@H](O)[C@@H]2O[C@@H]2O[C@H](CO[C@H]3O[C@H](CO)[C@@H](O)[C@H](O)[C@@H]3O[C@H]3O[C@H](CO)[C@@H](O)[C@H](O)[C@@H]3O[C@H]3O[C@H](CO)[C@@H](O)[C@H](O)[C@@H]3O)[C@@H](O)[C@@H]2O)[C@@H](O)[C@@H]1O. The third-order valence-corrected chi connectivity index (χ3v) is 12.7. The molecule has 32 nitrogen and oxygen atoms in total. The highest BCUT2D eigenvalue weighted by atomic mass is 16.8. The molecule has 6 fully saturated rings. The summed E-state index contributed by atoms with van der Waals surface area (Å²) in [6, 6.07) is 0. The van der Waals surface area contributed by atoms with Gasteiger partial charge in [-0.2, -0.15) is 0 Å². The van der Waals surface area contributed by atoms with Crippen molar-refractivity contribution in [3.63, 3.8) is 0 Å². The average Bonchev–Trinajstić information content (AvgIpc) is 3.92. The maximum absolute atomic E-state index is 11.2. The van der Waals surface area contributed by atoms with E-state index in [1.807, 2.05) is 0 Å². The van der Waals surface area contributed by atoms with E-state index in [1.165, 1.54) is 0 Å². The molecule has 0 amide bonds. The first-order valence-corrected chi connectivity index (χ1v) is 22.2. The van der Waals surface area contributed by atoms with Crippen LogP contribution in [0.1, 0.15) is 0 Å². The van der Waals surface area contributed by atoms with Crippen LogP contribution in [0.15, 0.2) is 0 Å². The summed E-state index contributed by atoms with van der Waals surface area (Å²) in [5.41, 5.74) is 0. The topological polar surface area (TPSA) is 515 Å². The second-order valence-electron chi connectivity index (χ2n) is 17.5. The van der Waals surface area contributed by atoms with Crippen LogP contribution in [0, 0.1) is 0 Å². The second kappa shape index (κ2) is 25.5. The summed E-state index contributed by atoms with van der Waals surface area (Å²) >= 11 is 0. The molecule has 70 heavy (non-hydrogen) atoms. The smallest absolute Gasteiger partial charge is 0.187 e. The minimum Gasteiger partial charge on any atom is -0.394 e. The monoisotopic (exact) mass is 1030 g/mol. The molecule has 30 atom stereocenters. The van der Waals surface area contributed by atoms with Gasteiger partial charge in [-0.05, 0) is 0 Å².